The predicted molar refractivity (Wildman–Crippen MR) is 80.4 cm³/mol. The average molecular weight is 254 g/mol. The lowest BCUT2D eigenvalue weighted by Gasteiger charge is -2.18. The van der Waals surface area contributed by atoms with Crippen LogP contribution in [0, 0.1) is 20.8 Å². The molecule has 0 radical (unpaired) electrons. The molecule has 1 atom stereocenters. The van der Waals surface area contributed by atoms with Crippen LogP contribution in [-0.2, 0) is 6.42 Å². The zero-order valence-corrected chi connectivity index (χ0v) is 12.2. The Kier molecular flexibility index (Phi) is 4.33. The molecule has 19 heavy (non-hydrogen) atoms. The van der Waals surface area contributed by atoms with Gasteiger partial charge >= 0.3 is 0 Å². The van der Waals surface area contributed by atoms with E-state index in [0.717, 1.165) is 12.1 Å². The fourth-order valence-corrected chi connectivity index (χ4v) is 2.41. The molecule has 100 valence electrons. The number of rotatable bonds is 4. The van der Waals surface area contributed by atoms with E-state index in [1.165, 1.54) is 22.3 Å². The molecule has 0 bridgehead atoms. The van der Waals surface area contributed by atoms with Gasteiger partial charge in [0.2, 0.25) is 0 Å². The summed E-state index contributed by atoms with van der Waals surface area (Å²) in [6.45, 7) is 6.36. The van der Waals surface area contributed by atoms with Gasteiger partial charge in [-0.05, 0) is 63.1 Å². The smallest absolute Gasteiger partial charge is 0.0375 e. The van der Waals surface area contributed by atoms with Crippen LogP contribution in [0.1, 0.15) is 34.0 Å². The first-order valence-corrected chi connectivity index (χ1v) is 6.76. The molecule has 0 spiro atoms. The Morgan fingerprint density at radius 2 is 1.89 bits per heavy atom. The van der Waals surface area contributed by atoms with E-state index in [9.17, 15) is 0 Å². The number of hydrogen-bond acceptors (Lipinski definition) is 2. The zero-order chi connectivity index (χ0) is 13.8. The summed E-state index contributed by atoms with van der Waals surface area (Å²) in [5.41, 5.74) is 6.46. The maximum absolute atomic E-state index is 4.27. The van der Waals surface area contributed by atoms with Gasteiger partial charge in [0, 0.05) is 17.9 Å². The number of nitrogens with zero attached hydrogens (tertiary/aromatic N) is 1. The number of hydrogen-bond donors (Lipinski definition) is 1. The van der Waals surface area contributed by atoms with Crippen molar-refractivity contribution in [1.82, 2.24) is 10.3 Å². The summed E-state index contributed by atoms with van der Waals surface area (Å²) >= 11 is 0. The largest absolute Gasteiger partial charge is 0.313 e. The quantitative estimate of drug-likeness (QED) is 0.903. The van der Waals surface area contributed by atoms with E-state index in [-0.39, 0.29) is 0 Å². The Labute approximate surface area is 115 Å². The van der Waals surface area contributed by atoms with E-state index in [1.54, 1.807) is 0 Å². The van der Waals surface area contributed by atoms with Gasteiger partial charge in [-0.25, -0.2) is 0 Å². The highest BCUT2D eigenvalue weighted by molar-refractivity contribution is 5.32. The molecule has 0 amide bonds. The van der Waals surface area contributed by atoms with Crippen LogP contribution in [0.15, 0.2) is 36.5 Å². The third-order valence-electron chi connectivity index (χ3n) is 3.60. The van der Waals surface area contributed by atoms with Crippen molar-refractivity contribution < 1.29 is 0 Å². The highest BCUT2D eigenvalue weighted by Gasteiger charge is 2.12. The molecule has 1 unspecified atom stereocenters. The lowest BCUT2D eigenvalue weighted by molar-refractivity contribution is 0.589. The maximum atomic E-state index is 4.27. The van der Waals surface area contributed by atoms with E-state index in [1.807, 2.05) is 20.2 Å². The molecule has 1 N–H and O–H groups in total. The van der Waals surface area contributed by atoms with Crippen LogP contribution >= 0.6 is 0 Å². The van der Waals surface area contributed by atoms with Crippen LogP contribution in [0.25, 0.3) is 0 Å². The van der Waals surface area contributed by atoms with Crippen molar-refractivity contribution in [2.75, 3.05) is 7.05 Å². The third-order valence-corrected chi connectivity index (χ3v) is 3.60. The third kappa shape index (κ3) is 3.42. The number of benzene rings is 1. The van der Waals surface area contributed by atoms with Crippen molar-refractivity contribution in [3.63, 3.8) is 0 Å². The van der Waals surface area contributed by atoms with Crippen molar-refractivity contribution in [3.05, 3.63) is 64.5 Å². The van der Waals surface area contributed by atoms with Gasteiger partial charge in [0.15, 0.2) is 0 Å². The minimum Gasteiger partial charge on any atom is -0.313 e. The molecule has 2 heteroatoms. The number of pyridine rings is 1. The first kappa shape index (κ1) is 13.8. The molecule has 2 aromatic rings. The first-order chi connectivity index (χ1) is 9.10. The highest BCUT2D eigenvalue weighted by atomic mass is 14.9. The monoisotopic (exact) mass is 254 g/mol. The number of nitrogens with one attached hydrogen (secondary N) is 1. The fraction of sp³-hybridized carbons (Fsp3) is 0.353. The van der Waals surface area contributed by atoms with Gasteiger partial charge < -0.3 is 5.32 Å². The molecule has 1 aromatic heterocycles. The minimum absolute atomic E-state index is 0.335. The summed E-state index contributed by atoms with van der Waals surface area (Å²) in [6, 6.07) is 11.3. The lowest BCUT2D eigenvalue weighted by atomic mass is 9.95. The summed E-state index contributed by atoms with van der Waals surface area (Å²) in [4.78, 5) is 4.27. The average Bonchev–Trinajstić information content (AvgIpc) is 2.39. The minimum atomic E-state index is 0.335. The van der Waals surface area contributed by atoms with E-state index in [0.29, 0.717) is 6.04 Å². The second-order valence-electron chi connectivity index (χ2n) is 5.21. The standard InChI is InChI=1S/C17H22N2/c1-12-5-6-13(2)16(9-12)11-17(18-4)15-7-8-19-14(3)10-15/h5-10,17-18H,11H2,1-4H3. The van der Waals surface area contributed by atoms with Gasteiger partial charge in [-0.2, -0.15) is 0 Å². The number of likely N-dealkylation sites (N-methyl/N-ethyl adjacent to an activating group) is 1. The second-order valence-corrected chi connectivity index (χ2v) is 5.21. The van der Waals surface area contributed by atoms with Gasteiger partial charge in [-0.3, -0.25) is 4.98 Å². The van der Waals surface area contributed by atoms with Crippen molar-refractivity contribution in [3.8, 4) is 0 Å². The molecule has 1 aromatic carbocycles. The summed E-state index contributed by atoms with van der Waals surface area (Å²) in [6.07, 6.45) is 2.89. The van der Waals surface area contributed by atoms with Crippen molar-refractivity contribution in [2.24, 2.45) is 0 Å². The van der Waals surface area contributed by atoms with Crippen LogP contribution in [0.2, 0.25) is 0 Å². The Hall–Kier alpha value is -1.67. The Balaban J connectivity index is 2.26. The SMILES string of the molecule is CNC(Cc1cc(C)ccc1C)c1ccnc(C)c1. The molecule has 0 aliphatic rings. The zero-order valence-electron chi connectivity index (χ0n) is 12.2. The highest BCUT2D eigenvalue weighted by Crippen LogP contribution is 2.21. The fourth-order valence-electron chi connectivity index (χ4n) is 2.41. The molecule has 0 saturated heterocycles. The van der Waals surface area contributed by atoms with Gasteiger partial charge in [0.1, 0.15) is 0 Å². The summed E-state index contributed by atoms with van der Waals surface area (Å²) < 4.78 is 0. The molecule has 0 saturated carbocycles. The molecule has 0 aliphatic carbocycles. The normalized spacial score (nSPS) is 12.4. The van der Waals surface area contributed by atoms with Crippen molar-refractivity contribution in [2.45, 2.75) is 33.2 Å². The van der Waals surface area contributed by atoms with Gasteiger partial charge in [0.25, 0.3) is 0 Å². The van der Waals surface area contributed by atoms with Crippen LogP contribution in [0.4, 0.5) is 0 Å². The van der Waals surface area contributed by atoms with Crippen LogP contribution in [0.5, 0.6) is 0 Å². The first-order valence-electron chi connectivity index (χ1n) is 6.76. The van der Waals surface area contributed by atoms with Crippen LogP contribution in [-0.4, -0.2) is 12.0 Å². The van der Waals surface area contributed by atoms with Gasteiger partial charge in [-0.15, -0.1) is 0 Å². The van der Waals surface area contributed by atoms with E-state index in [2.05, 4.69) is 54.5 Å². The predicted octanol–water partition coefficient (Wildman–Crippen LogP) is 3.51. The van der Waals surface area contributed by atoms with Crippen molar-refractivity contribution >= 4 is 0 Å². The number of aryl methyl sites for hydroxylation is 3. The molecule has 0 aliphatic heterocycles. The Bertz CT molecular complexity index is 561. The molecule has 1 heterocycles. The molecular weight excluding hydrogens is 232 g/mol. The molecule has 0 fully saturated rings. The maximum Gasteiger partial charge on any atom is 0.0375 e. The summed E-state index contributed by atoms with van der Waals surface area (Å²) in [5, 5.41) is 3.41. The number of aromatic nitrogens is 1. The van der Waals surface area contributed by atoms with E-state index >= 15 is 0 Å². The molecule has 2 rings (SSSR count). The lowest BCUT2D eigenvalue weighted by Crippen LogP contribution is -2.19. The van der Waals surface area contributed by atoms with Crippen LogP contribution in [0.3, 0.4) is 0 Å². The van der Waals surface area contributed by atoms with Crippen molar-refractivity contribution in [1.29, 1.82) is 0 Å². The van der Waals surface area contributed by atoms with E-state index < -0.39 is 0 Å². The van der Waals surface area contributed by atoms with Gasteiger partial charge in [-0.1, -0.05) is 23.8 Å². The molecule has 2 nitrogen and oxygen atoms in total. The Morgan fingerprint density at radius 1 is 1.11 bits per heavy atom. The Morgan fingerprint density at radius 3 is 2.58 bits per heavy atom. The molecular formula is C17H22N2. The topological polar surface area (TPSA) is 24.9 Å². The second kappa shape index (κ2) is 5.98. The van der Waals surface area contributed by atoms with Crippen LogP contribution < -0.4 is 5.32 Å². The summed E-state index contributed by atoms with van der Waals surface area (Å²) in [7, 11) is 2.02. The van der Waals surface area contributed by atoms with Gasteiger partial charge in [0.05, 0.1) is 0 Å². The summed E-state index contributed by atoms with van der Waals surface area (Å²) in [5.74, 6) is 0. The van der Waals surface area contributed by atoms with E-state index in [4.69, 9.17) is 0 Å².